The summed E-state index contributed by atoms with van der Waals surface area (Å²) < 4.78 is 0. The molecule has 1 heterocycles. The molecule has 0 saturated carbocycles. The number of nitriles is 2. The Bertz CT molecular complexity index is 391. The van der Waals surface area contributed by atoms with Gasteiger partial charge in [0.05, 0.1) is 12.1 Å². The second kappa shape index (κ2) is 4.58. The van der Waals surface area contributed by atoms with E-state index in [1.165, 1.54) is 4.90 Å². The van der Waals surface area contributed by atoms with Gasteiger partial charge in [-0.15, -0.1) is 0 Å². The maximum absolute atomic E-state index is 8.53. The predicted octanol–water partition coefficient (Wildman–Crippen LogP) is -1.11. The zero-order chi connectivity index (χ0) is 11.3. The molecule has 0 atom stereocenters. The van der Waals surface area contributed by atoms with Crippen molar-refractivity contribution >= 4 is 17.8 Å². The number of hydrogen-bond donors (Lipinski definition) is 2. The normalized spacial score (nSPS) is 8.93. The summed E-state index contributed by atoms with van der Waals surface area (Å²) in [6.45, 7) is -0.0348. The van der Waals surface area contributed by atoms with Crippen LogP contribution in [0.1, 0.15) is 0 Å². The van der Waals surface area contributed by atoms with Crippen LogP contribution < -0.4 is 16.4 Å². The van der Waals surface area contributed by atoms with Gasteiger partial charge in [0.2, 0.25) is 17.8 Å². The van der Waals surface area contributed by atoms with E-state index in [-0.39, 0.29) is 30.9 Å². The molecule has 0 saturated heterocycles. The highest BCUT2D eigenvalue weighted by atomic mass is 15.3. The van der Waals surface area contributed by atoms with Crippen LogP contribution >= 0.6 is 0 Å². The number of hydrogen-bond acceptors (Lipinski definition) is 8. The van der Waals surface area contributed by atoms with Gasteiger partial charge >= 0.3 is 0 Å². The van der Waals surface area contributed by atoms with Crippen LogP contribution in [-0.4, -0.2) is 28.0 Å². The van der Waals surface area contributed by atoms with Gasteiger partial charge in [-0.25, -0.2) is 0 Å². The molecule has 4 N–H and O–H groups in total. The van der Waals surface area contributed by atoms with E-state index in [2.05, 4.69) is 15.0 Å². The lowest BCUT2D eigenvalue weighted by atomic mass is 10.5. The molecule has 0 bridgehead atoms. The Morgan fingerprint density at radius 2 is 1.47 bits per heavy atom. The van der Waals surface area contributed by atoms with E-state index >= 15 is 0 Å². The van der Waals surface area contributed by atoms with Crippen molar-refractivity contribution in [1.82, 2.24) is 15.0 Å². The number of nitrogens with two attached hydrogens (primary N) is 2. The summed E-state index contributed by atoms with van der Waals surface area (Å²) in [6, 6.07) is 3.77. The average molecular weight is 204 g/mol. The van der Waals surface area contributed by atoms with Crippen LogP contribution in [0, 0.1) is 22.7 Å². The molecule has 0 aliphatic carbocycles. The van der Waals surface area contributed by atoms with Gasteiger partial charge in [0.15, 0.2) is 0 Å². The number of aromatic nitrogens is 3. The molecular formula is C7H8N8. The van der Waals surface area contributed by atoms with Gasteiger partial charge < -0.3 is 16.4 Å². The molecule has 1 aromatic heterocycles. The molecule has 0 unspecified atom stereocenters. The molecule has 0 amide bonds. The molecule has 0 aliphatic heterocycles. The third kappa shape index (κ3) is 2.67. The van der Waals surface area contributed by atoms with Crippen molar-refractivity contribution in [2.24, 2.45) is 0 Å². The molecule has 0 aliphatic rings. The van der Waals surface area contributed by atoms with Crippen molar-refractivity contribution in [3.05, 3.63) is 0 Å². The van der Waals surface area contributed by atoms with E-state index in [0.717, 1.165) is 0 Å². The number of rotatable bonds is 3. The molecule has 0 fully saturated rings. The first-order valence-corrected chi connectivity index (χ1v) is 3.93. The molecule has 1 rings (SSSR count). The monoisotopic (exact) mass is 204 g/mol. The number of anilines is 3. The molecular weight excluding hydrogens is 196 g/mol. The van der Waals surface area contributed by atoms with E-state index < -0.39 is 0 Å². The topological polar surface area (TPSA) is 142 Å². The predicted molar refractivity (Wildman–Crippen MR) is 52.1 cm³/mol. The summed E-state index contributed by atoms with van der Waals surface area (Å²) in [5, 5.41) is 17.1. The highest BCUT2D eigenvalue weighted by Crippen LogP contribution is 2.08. The lowest BCUT2D eigenvalue weighted by Gasteiger charge is -2.15. The smallest absolute Gasteiger partial charge is 0.233 e. The number of nitrogen functional groups attached to an aromatic ring is 2. The van der Waals surface area contributed by atoms with Gasteiger partial charge in [-0.1, -0.05) is 0 Å². The Kier molecular flexibility index (Phi) is 3.20. The molecule has 15 heavy (non-hydrogen) atoms. The van der Waals surface area contributed by atoms with E-state index in [9.17, 15) is 0 Å². The Hall–Kier alpha value is -2.61. The molecule has 0 spiro atoms. The second-order valence-electron chi connectivity index (χ2n) is 2.52. The Balaban J connectivity index is 3.01. The van der Waals surface area contributed by atoms with Crippen LogP contribution in [-0.2, 0) is 0 Å². The van der Waals surface area contributed by atoms with Crippen LogP contribution in [0.15, 0.2) is 0 Å². The van der Waals surface area contributed by atoms with E-state index in [0.29, 0.717) is 0 Å². The third-order valence-corrected chi connectivity index (χ3v) is 1.46. The summed E-state index contributed by atoms with van der Waals surface area (Å²) in [5.74, 6) is 0.0415. The van der Waals surface area contributed by atoms with Gasteiger partial charge in [-0.05, 0) is 0 Å². The fraction of sp³-hybridized carbons (Fsp3) is 0.286. The first kappa shape index (κ1) is 10.5. The zero-order valence-electron chi connectivity index (χ0n) is 7.75. The summed E-state index contributed by atoms with van der Waals surface area (Å²) >= 11 is 0. The molecule has 8 nitrogen and oxygen atoms in total. The molecule has 8 heteroatoms. The SMILES string of the molecule is N#CCN(CC#N)c1nc(N)nc(N)n1. The summed E-state index contributed by atoms with van der Waals surface area (Å²) in [4.78, 5) is 12.5. The van der Waals surface area contributed by atoms with Crippen molar-refractivity contribution in [1.29, 1.82) is 10.5 Å². The van der Waals surface area contributed by atoms with Crippen LogP contribution in [0.3, 0.4) is 0 Å². The summed E-state index contributed by atoms with van der Waals surface area (Å²) in [6.07, 6.45) is 0. The highest BCUT2D eigenvalue weighted by Gasteiger charge is 2.10. The van der Waals surface area contributed by atoms with E-state index in [1.54, 1.807) is 0 Å². The third-order valence-electron chi connectivity index (χ3n) is 1.46. The fourth-order valence-electron chi connectivity index (χ4n) is 0.907. The van der Waals surface area contributed by atoms with Gasteiger partial charge in [-0.2, -0.15) is 25.5 Å². The second-order valence-corrected chi connectivity index (χ2v) is 2.52. The minimum Gasteiger partial charge on any atom is -0.368 e. The van der Waals surface area contributed by atoms with Gasteiger partial charge in [-0.3, -0.25) is 0 Å². The molecule has 0 radical (unpaired) electrons. The van der Waals surface area contributed by atoms with Crippen molar-refractivity contribution < 1.29 is 0 Å². The fourth-order valence-corrected chi connectivity index (χ4v) is 0.907. The van der Waals surface area contributed by atoms with Gasteiger partial charge in [0.25, 0.3) is 0 Å². The van der Waals surface area contributed by atoms with Crippen LogP contribution in [0.5, 0.6) is 0 Å². The molecule has 76 valence electrons. The van der Waals surface area contributed by atoms with Gasteiger partial charge in [0.1, 0.15) is 13.1 Å². The summed E-state index contributed by atoms with van der Waals surface area (Å²) in [5.41, 5.74) is 10.7. The van der Waals surface area contributed by atoms with E-state index in [4.69, 9.17) is 22.0 Å². The van der Waals surface area contributed by atoms with Crippen LogP contribution in [0.4, 0.5) is 17.8 Å². The molecule has 1 aromatic rings. The quantitative estimate of drug-likeness (QED) is 0.590. The zero-order valence-corrected chi connectivity index (χ0v) is 7.75. The maximum Gasteiger partial charge on any atom is 0.233 e. The Morgan fingerprint density at radius 3 is 1.87 bits per heavy atom. The van der Waals surface area contributed by atoms with Crippen molar-refractivity contribution in [2.75, 3.05) is 29.5 Å². The maximum atomic E-state index is 8.53. The largest absolute Gasteiger partial charge is 0.368 e. The first-order valence-electron chi connectivity index (χ1n) is 3.93. The van der Waals surface area contributed by atoms with Crippen molar-refractivity contribution in [2.45, 2.75) is 0 Å². The van der Waals surface area contributed by atoms with Crippen LogP contribution in [0.2, 0.25) is 0 Å². The standard InChI is InChI=1S/C7H8N8/c8-1-3-15(4-2-9)7-13-5(10)12-6(11)14-7/h3-4H2,(H4,10,11,12,13,14). The van der Waals surface area contributed by atoms with Crippen molar-refractivity contribution in [3.8, 4) is 12.1 Å². The first-order chi connectivity index (χ1) is 7.17. The van der Waals surface area contributed by atoms with E-state index in [1.807, 2.05) is 12.1 Å². The van der Waals surface area contributed by atoms with Crippen molar-refractivity contribution in [3.63, 3.8) is 0 Å². The summed E-state index contributed by atoms with van der Waals surface area (Å²) in [7, 11) is 0. The minimum absolute atomic E-state index is 0.0174. The molecule has 0 aromatic carbocycles. The highest BCUT2D eigenvalue weighted by molar-refractivity contribution is 5.41. The Labute approximate surface area is 85.8 Å². The number of nitrogens with zero attached hydrogens (tertiary/aromatic N) is 6. The minimum atomic E-state index is -0.0432. The van der Waals surface area contributed by atoms with Gasteiger partial charge in [0, 0.05) is 0 Å². The Morgan fingerprint density at radius 1 is 1.00 bits per heavy atom. The van der Waals surface area contributed by atoms with Crippen LogP contribution in [0.25, 0.3) is 0 Å². The lowest BCUT2D eigenvalue weighted by Crippen LogP contribution is -2.26. The average Bonchev–Trinajstić information content (AvgIpc) is 2.16. The lowest BCUT2D eigenvalue weighted by molar-refractivity contribution is 0.888.